The third kappa shape index (κ3) is 3.54. The van der Waals surface area contributed by atoms with Gasteiger partial charge in [0.25, 0.3) is 0 Å². The van der Waals surface area contributed by atoms with Gasteiger partial charge in [-0.05, 0) is 48.5 Å². The molecule has 17 heavy (non-hydrogen) atoms. The first-order valence-corrected chi connectivity index (χ1v) is 6.32. The van der Waals surface area contributed by atoms with Crippen molar-refractivity contribution in [2.75, 3.05) is 5.94 Å². The minimum Gasteiger partial charge on any atom is -0.368 e. The summed E-state index contributed by atoms with van der Waals surface area (Å²) in [6, 6.07) is 8.03. The highest BCUT2D eigenvalue weighted by Crippen LogP contribution is 2.19. The molecule has 6 heteroatoms. The summed E-state index contributed by atoms with van der Waals surface area (Å²) in [7, 11) is 0. The van der Waals surface area contributed by atoms with Crippen molar-refractivity contribution < 1.29 is 4.74 Å². The van der Waals surface area contributed by atoms with Gasteiger partial charge in [-0.3, -0.25) is 0 Å². The molecule has 1 heterocycles. The van der Waals surface area contributed by atoms with Gasteiger partial charge in [-0.2, -0.15) is 0 Å². The number of rotatable bonds is 5. The molecule has 0 atom stereocenters. The monoisotopic (exact) mass is 250 g/mol. The second-order valence-corrected chi connectivity index (χ2v) is 4.72. The number of ether oxygens (including phenoxy) is 1. The molecule has 0 saturated carbocycles. The van der Waals surface area contributed by atoms with E-state index in [1.54, 1.807) is 22.8 Å². The summed E-state index contributed by atoms with van der Waals surface area (Å²) in [4.78, 5) is 1.17. The van der Waals surface area contributed by atoms with Crippen molar-refractivity contribution in [3.63, 3.8) is 0 Å². The highest BCUT2D eigenvalue weighted by Gasteiger charge is 1.99. The average molecular weight is 250 g/mol. The lowest BCUT2D eigenvalue weighted by atomic mass is 10.3. The molecular weight excluding hydrogens is 236 g/mol. The predicted molar refractivity (Wildman–Crippen MR) is 66.1 cm³/mol. The third-order valence-corrected chi connectivity index (χ3v) is 2.94. The van der Waals surface area contributed by atoms with E-state index in [0.717, 1.165) is 5.69 Å². The first kappa shape index (κ1) is 12.1. The van der Waals surface area contributed by atoms with Gasteiger partial charge in [0.1, 0.15) is 6.33 Å². The summed E-state index contributed by atoms with van der Waals surface area (Å²) in [5, 5.41) is 11.0. The lowest BCUT2D eigenvalue weighted by Gasteiger charge is -2.07. The minimum absolute atomic E-state index is 0.267. The molecule has 0 fully saturated rings. The van der Waals surface area contributed by atoms with Crippen LogP contribution in [0.4, 0.5) is 0 Å². The Morgan fingerprint density at radius 2 is 2.06 bits per heavy atom. The molecule has 0 aliphatic heterocycles. The van der Waals surface area contributed by atoms with Crippen LogP contribution in [0.25, 0.3) is 5.69 Å². The van der Waals surface area contributed by atoms with Crippen LogP contribution in [-0.2, 0) is 4.74 Å². The maximum absolute atomic E-state index is 5.47. The van der Waals surface area contributed by atoms with Crippen LogP contribution in [0.1, 0.15) is 13.8 Å². The predicted octanol–water partition coefficient (Wildman–Crippen LogP) is 2.14. The SMILES string of the molecule is CC(C)OCSc1ccc(-n2cnnn2)cc1. The number of thioether (sulfide) groups is 1. The molecule has 0 bridgehead atoms. The molecular formula is C11H14N4OS. The van der Waals surface area contributed by atoms with E-state index in [2.05, 4.69) is 15.5 Å². The van der Waals surface area contributed by atoms with Crippen molar-refractivity contribution in [2.45, 2.75) is 24.8 Å². The Bertz CT molecular complexity index is 441. The van der Waals surface area contributed by atoms with Gasteiger partial charge in [0.2, 0.25) is 0 Å². The molecule has 0 radical (unpaired) electrons. The lowest BCUT2D eigenvalue weighted by molar-refractivity contribution is 0.120. The number of hydrogen-bond donors (Lipinski definition) is 0. The molecule has 2 rings (SSSR count). The Hall–Kier alpha value is -1.40. The summed E-state index contributed by atoms with van der Waals surface area (Å²) in [6.07, 6.45) is 1.84. The number of hydrogen-bond acceptors (Lipinski definition) is 5. The number of tetrazole rings is 1. The Balaban J connectivity index is 1.94. The van der Waals surface area contributed by atoms with Crippen molar-refractivity contribution in [3.05, 3.63) is 30.6 Å². The van der Waals surface area contributed by atoms with E-state index in [0.29, 0.717) is 5.94 Å². The molecule has 0 saturated heterocycles. The second kappa shape index (κ2) is 5.79. The average Bonchev–Trinajstić information content (AvgIpc) is 2.83. The molecule has 5 nitrogen and oxygen atoms in total. The Morgan fingerprint density at radius 1 is 1.29 bits per heavy atom. The topological polar surface area (TPSA) is 52.8 Å². The van der Waals surface area contributed by atoms with Crippen molar-refractivity contribution >= 4 is 11.8 Å². The molecule has 1 aromatic heterocycles. The van der Waals surface area contributed by atoms with Gasteiger partial charge in [-0.25, -0.2) is 4.68 Å². The normalized spacial score (nSPS) is 11.0. The summed E-state index contributed by atoms with van der Waals surface area (Å²) in [5.74, 6) is 0.669. The molecule has 1 aromatic carbocycles. The molecule has 90 valence electrons. The van der Waals surface area contributed by atoms with E-state index in [9.17, 15) is 0 Å². The first-order valence-electron chi connectivity index (χ1n) is 5.33. The zero-order valence-corrected chi connectivity index (χ0v) is 10.6. The zero-order valence-electron chi connectivity index (χ0n) is 9.78. The molecule has 2 aromatic rings. The van der Waals surface area contributed by atoms with E-state index >= 15 is 0 Å². The van der Waals surface area contributed by atoms with Crippen LogP contribution in [0.3, 0.4) is 0 Å². The van der Waals surface area contributed by atoms with Crippen molar-refractivity contribution in [1.29, 1.82) is 0 Å². The van der Waals surface area contributed by atoms with Crippen LogP contribution in [-0.4, -0.2) is 32.3 Å². The Kier molecular flexibility index (Phi) is 4.11. The van der Waals surface area contributed by atoms with Crippen LogP contribution in [0.5, 0.6) is 0 Å². The Morgan fingerprint density at radius 3 is 2.65 bits per heavy atom. The van der Waals surface area contributed by atoms with Crippen molar-refractivity contribution in [1.82, 2.24) is 20.2 Å². The van der Waals surface area contributed by atoms with E-state index in [1.165, 1.54) is 4.90 Å². The van der Waals surface area contributed by atoms with Gasteiger partial charge in [-0.15, -0.1) is 5.10 Å². The van der Waals surface area contributed by atoms with E-state index in [-0.39, 0.29) is 6.10 Å². The summed E-state index contributed by atoms with van der Waals surface area (Å²) in [6.45, 7) is 4.06. The van der Waals surface area contributed by atoms with Crippen molar-refractivity contribution in [3.8, 4) is 5.69 Å². The van der Waals surface area contributed by atoms with Gasteiger partial charge in [0.05, 0.1) is 17.7 Å². The fourth-order valence-corrected chi connectivity index (χ4v) is 2.02. The maximum Gasteiger partial charge on any atom is 0.143 e. The summed E-state index contributed by atoms with van der Waals surface area (Å²) < 4.78 is 7.10. The first-order chi connectivity index (χ1) is 8.25. The minimum atomic E-state index is 0.267. The number of aromatic nitrogens is 4. The van der Waals surface area contributed by atoms with Crippen LogP contribution in [0.2, 0.25) is 0 Å². The molecule has 0 N–H and O–H groups in total. The van der Waals surface area contributed by atoms with Crippen LogP contribution in [0, 0.1) is 0 Å². The molecule has 0 aliphatic rings. The van der Waals surface area contributed by atoms with Crippen LogP contribution in [0.15, 0.2) is 35.5 Å². The van der Waals surface area contributed by atoms with Crippen LogP contribution >= 0.6 is 11.8 Å². The maximum atomic E-state index is 5.47. The molecule has 0 aliphatic carbocycles. The molecule has 0 unspecified atom stereocenters. The number of nitrogens with zero attached hydrogens (tertiary/aromatic N) is 4. The van der Waals surface area contributed by atoms with E-state index in [4.69, 9.17) is 4.74 Å². The fraction of sp³-hybridized carbons (Fsp3) is 0.364. The summed E-state index contributed by atoms with van der Waals surface area (Å²) >= 11 is 1.67. The Labute approximate surface area is 104 Å². The smallest absolute Gasteiger partial charge is 0.143 e. The quantitative estimate of drug-likeness (QED) is 0.601. The second-order valence-electron chi connectivity index (χ2n) is 3.73. The highest BCUT2D eigenvalue weighted by molar-refractivity contribution is 7.99. The fourth-order valence-electron chi connectivity index (χ4n) is 1.21. The van der Waals surface area contributed by atoms with Gasteiger partial charge in [0.15, 0.2) is 0 Å². The van der Waals surface area contributed by atoms with E-state index < -0.39 is 0 Å². The highest BCUT2D eigenvalue weighted by atomic mass is 32.2. The number of benzene rings is 1. The molecule has 0 spiro atoms. The van der Waals surface area contributed by atoms with E-state index in [1.807, 2.05) is 38.1 Å². The van der Waals surface area contributed by atoms with Gasteiger partial charge < -0.3 is 4.74 Å². The van der Waals surface area contributed by atoms with Gasteiger partial charge in [-0.1, -0.05) is 11.8 Å². The zero-order chi connectivity index (χ0) is 12.1. The standard InChI is InChI=1S/C11H14N4OS/c1-9(2)16-8-17-11-5-3-10(4-6-11)15-7-12-13-14-15/h3-7,9H,8H2,1-2H3. The largest absolute Gasteiger partial charge is 0.368 e. The van der Waals surface area contributed by atoms with Gasteiger partial charge >= 0.3 is 0 Å². The van der Waals surface area contributed by atoms with Crippen molar-refractivity contribution in [2.24, 2.45) is 0 Å². The van der Waals surface area contributed by atoms with Crippen LogP contribution < -0.4 is 0 Å². The summed E-state index contributed by atoms with van der Waals surface area (Å²) in [5.41, 5.74) is 0.948. The molecule has 0 amide bonds. The lowest BCUT2D eigenvalue weighted by Crippen LogP contribution is -2.00. The third-order valence-electron chi connectivity index (χ3n) is 2.08. The van der Waals surface area contributed by atoms with Gasteiger partial charge in [0, 0.05) is 4.90 Å².